The Balaban J connectivity index is 2.75. The summed E-state index contributed by atoms with van der Waals surface area (Å²) >= 11 is 6.54. The Morgan fingerprint density at radius 1 is 1.46 bits per heavy atom. The lowest BCUT2D eigenvalue weighted by atomic mass is 10.3. The second-order valence-corrected chi connectivity index (χ2v) is 4.81. The summed E-state index contributed by atoms with van der Waals surface area (Å²) < 4.78 is 0.886. The molecule has 70 valence electrons. The summed E-state index contributed by atoms with van der Waals surface area (Å²) in [6.45, 7) is 1.78. The fraction of sp³-hybridized carbons (Fsp3) is 0.222. The van der Waals surface area contributed by atoms with Gasteiger partial charge in [0.1, 0.15) is 0 Å². The first-order valence-electron chi connectivity index (χ1n) is 3.80. The molecule has 1 aromatic carbocycles. The molecule has 0 aliphatic carbocycles. The first-order valence-corrected chi connectivity index (χ1v) is 5.51. The van der Waals surface area contributed by atoms with E-state index in [-0.39, 0.29) is 10.7 Å². The standard InChI is InChI=1S/C9H9Br2NO/c1-6(10)9(13)12-8-5-3-2-4-7(8)11/h2-6H,1H3,(H,12,13). The summed E-state index contributed by atoms with van der Waals surface area (Å²) in [7, 11) is 0. The van der Waals surface area contributed by atoms with Gasteiger partial charge in [-0.1, -0.05) is 28.1 Å². The average Bonchev–Trinajstić information content (AvgIpc) is 2.08. The fourth-order valence-electron chi connectivity index (χ4n) is 0.795. The summed E-state index contributed by atoms with van der Waals surface area (Å²) in [5, 5.41) is 2.78. The average molecular weight is 307 g/mol. The number of benzene rings is 1. The molecule has 1 unspecified atom stereocenters. The maximum atomic E-state index is 11.3. The van der Waals surface area contributed by atoms with E-state index in [1.165, 1.54) is 0 Å². The predicted octanol–water partition coefficient (Wildman–Crippen LogP) is 3.17. The summed E-state index contributed by atoms with van der Waals surface area (Å²) in [5.41, 5.74) is 0.791. The van der Waals surface area contributed by atoms with Gasteiger partial charge in [-0.2, -0.15) is 0 Å². The van der Waals surface area contributed by atoms with Crippen molar-refractivity contribution in [2.24, 2.45) is 0 Å². The summed E-state index contributed by atoms with van der Waals surface area (Å²) in [6, 6.07) is 7.50. The highest BCUT2D eigenvalue weighted by Crippen LogP contribution is 2.21. The van der Waals surface area contributed by atoms with E-state index in [4.69, 9.17) is 0 Å². The third-order valence-electron chi connectivity index (χ3n) is 1.49. The molecule has 0 radical (unpaired) electrons. The Kier molecular flexibility index (Phi) is 3.93. The molecule has 1 aromatic rings. The van der Waals surface area contributed by atoms with Crippen LogP contribution in [0, 0.1) is 0 Å². The van der Waals surface area contributed by atoms with Crippen molar-refractivity contribution in [1.29, 1.82) is 0 Å². The molecule has 0 fully saturated rings. The lowest BCUT2D eigenvalue weighted by Gasteiger charge is -2.07. The lowest BCUT2D eigenvalue weighted by Crippen LogP contribution is -2.19. The van der Waals surface area contributed by atoms with Gasteiger partial charge in [-0.3, -0.25) is 4.79 Å². The van der Waals surface area contributed by atoms with Gasteiger partial charge in [0.25, 0.3) is 0 Å². The van der Waals surface area contributed by atoms with Crippen LogP contribution in [-0.4, -0.2) is 10.7 Å². The van der Waals surface area contributed by atoms with E-state index in [0.29, 0.717) is 0 Å². The number of halogens is 2. The summed E-state index contributed by atoms with van der Waals surface area (Å²) in [6.07, 6.45) is 0. The normalized spacial score (nSPS) is 12.2. The number of rotatable bonds is 2. The molecule has 0 bridgehead atoms. The van der Waals surface area contributed by atoms with Gasteiger partial charge in [-0.15, -0.1) is 0 Å². The van der Waals surface area contributed by atoms with Crippen LogP contribution in [-0.2, 0) is 4.79 Å². The van der Waals surface area contributed by atoms with E-state index in [1.54, 1.807) is 6.92 Å². The highest BCUT2D eigenvalue weighted by molar-refractivity contribution is 9.10. The molecule has 4 heteroatoms. The van der Waals surface area contributed by atoms with Crippen molar-refractivity contribution in [3.05, 3.63) is 28.7 Å². The molecule has 0 saturated carbocycles. The van der Waals surface area contributed by atoms with Crippen molar-refractivity contribution in [3.8, 4) is 0 Å². The minimum absolute atomic E-state index is 0.0492. The quantitative estimate of drug-likeness (QED) is 0.836. The van der Waals surface area contributed by atoms with Crippen molar-refractivity contribution in [2.45, 2.75) is 11.8 Å². The number of hydrogen-bond donors (Lipinski definition) is 1. The number of hydrogen-bond acceptors (Lipinski definition) is 1. The van der Waals surface area contributed by atoms with Crippen molar-refractivity contribution >= 4 is 43.5 Å². The smallest absolute Gasteiger partial charge is 0.237 e. The SMILES string of the molecule is CC(Br)C(=O)Nc1ccccc1Br. The summed E-state index contributed by atoms with van der Waals surface area (Å²) in [5.74, 6) is -0.0492. The molecule has 1 rings (SSSR count). The van der Waals surface area contributed by atoms with Gasteiger partial charge in [0, 0.05) is 4.47 Å². The predicted molar refractivity (Wildman–Crippen MR) is 61.2 cm³/mol. The molecule has 0 aliphatic heterocycles. The van der Waals surface area contributed by atoms with Crippen LogP contribution in [0.5, 0.6) is 0 Å². The molecule has 0 saturated heterocycles. The Morgan fingerprint density at radius 2 is 2.08 bits per heavy atom. The van der Waals surface area contributed by atoms with E-state index in [0.717, 1.165) is 10.2 Å². The lowest BCUT2D eigenvalue weighted by molar-refractivity contribution is -0.115. The van der Waals surface area contributed by atoms with Crippen LogP contribution in [0.4, 0.5) is 5.69 Å². The summed E-state index contributed by atoms with van der Waals surface area (Å²) in [4.78, 5) is 11.1. The van der Waals surface area contributed by atoms with E-state index in [9.17, 15) is 4.79 Å². The number of carbonyl (C=O) groups excluding carboxylic acids is 1. The highest BCUT2D eigenvalue weighted by Gasteiger charge is 2.09. The van der Waals surface area contributed by atoms with E-state index < -0.39 is 0 Å². The number of carbonyl (C=O) groups is 1. The molecular weight excluding hydrogens is 298 g/mol. The van der Waals surface area contributed by atoms with Crippen molar-refractivity contribution < 1.29 is 4.79 Å². The molecular formula is C9H9Br2NO. The number of para-hydroxylation sites is 1. The van der Waals surface area contributed by atoms with Crippen LogP contribution in [0.2, 0.25) is 0 Å². The molecule has 0 aliphatic rings. The van der Waals surface area contributed by atoms with Crippen molar-refractivity contribution in [3.63, 3.8) is 0 Å². The Bertz CT molecular complexity index is 312. The fourth-order valence-corrected chi connectivity index (χ4v) is 1.29. The Labute approximate surface area is 94.0 Å². The molecule has 0 spiro atoms. The Morgan fingerprint density at radius 3 is 2.62 bits per heavy atom. The van der Waals surface area contributed by atoms with Gasteiger partial charge in [-0.25, -0.2) is 0 Å². The molecule has 1 atom stereocenters. The molecule has 13 heavy (non-hydrogen) atoms. The minimum atomic E-state index is -0.181. The van der Waals surface area contributed by atoms with Crippen LogP contribution in [0.3, 0.4) is 0 Å². The van der Waals surface area contributed by atoms with Gasteiger partial charge < -0.3 is 5.32 Å². The zero-order valence-electron chi connectivity index (χ0n) is 7.05. The van der Waals surface area contributed by atoms with Crippen LogP contribution >= 0.6 is 31.9 Å². The van der Waals surface area contributed by atoms with E-state index >= 15 is 0 Å². The molecule has 2 nitrogen and oxygen atoms in total. The molecule has 1 amide bonds. The van der Waals surface area contributed by atoms with Crippen LogP contribution in [0.1, 0.15) is 6.92 Å². The third kappa shape index (κ3) is 3.12. The Hall–Kier alpha value is -0.350. The van der Waals surface area contributed by atoms with Gasteiger partial charge >= 0.3 is 0 Å². The number of amides is 1. The van der Waals surface area contributed by atoms with Gasteiger partial charge in [-0.05, 0) is 35.0 Å². The second-order valence-electron chi connectivity index (χ2n) is 2.59. The topological polar surface area (TPSA) is 29.1 Å². The van der Waals surface area contributed by atoms with Crippen molar-refractivity contribution in [2.75, 3.05) is 5.32 Å². The van der Waals surface area contributed by atoms with E-state index in [2.05, 4.69) is 37.2 Å². The highest BCUT2D eigenvalue weighted by atomic mass is 79.9. The zero-order valence-corrected chi connectivity index (χ0v) is 10.2. The second kappa shape index (κ2) is 4.77. The van der Waals surface area contributed by atoms with Gasteiger partial charge in [0.05, 0.1) is 10.5 Å². The van der Waals surface area contributed by atoms with Crippen LogP contribution in [0.15, 0.2) is 28.7 Å². The van der Waals surface area contributed by atoms with Gasteiger partial charge in [0.2, 0.25) is 5.91 Å². The number of anilines is 1. The maximum absolute atomic E-state index is 11.3. The van der Waals surface area contributed by atoms with Crippen molar-refractivity contribution in [1.82, 2.24) is 0 Å². The molecule has 1 N–H and O–H groups in total. The zero-order chi connectivity index (χ0) is 9.84. The largest absolute Gasteiger partial charge is 0.324 e. The molecule has 0 aromatic heterocycles. The van der Waals surface area contributed by atoms with E-state index in [1.807, 2.05) is 24.3 Å². The molecule has 0 heterocycles. The number of alkyl halides is 1. The first kappa shape index (κ1) is 10.7. The number of nitrogens with one attached hydrogen (secondary N) is 1. The van der Waals surface area contributed by atoms with Crippen LogP contribution in [0.25, 0.3) is 0 Å². The first-order chi connectivity index (χ1) is 6.11. The van der Waals surface area contributed by atoms with Crippen LogP contribution < -0.4 is 5.32 Å². The monoisotopic (exact) mass is 305 g/mol. The minimum Gasteiger partial charge on any atom is -0.324 e. The third-order valence-corrected chi connectivity index (χ3v) is 2.60. The van der Waals surface area contributed by atoms with Gasteiger partial charge in [0.15, 0.2) is 0 Å². The maximum Gasteiger partial charge on any atom is 0.237 e.